The molecule has 0 saturated heterocycles. The second-order valence-electron chi connectivity index (χ2n) is 3.18. The molecule has 0 amide bonds. The second kappa shape index (κ2) is 5.89. The van der Waals surface area contributed by atoms with Gasteiger partial charge in [0.05, 0.1) is 7.11 Å². The molecule has 2 rings (SSSR count). The zero-order chi connectivity index (χ0) is 11.5. The molecule has 0 unspecified atom stereocenters. The van der Waals surface area contributed by atoms with E-state index in [0.29, 0.717) is 11.5 Å². The van der Waals surface area contributed by atoms with E-state index >= 15 is 0 Å². The molecule has 0 aliphatic heterocycles. The van der Waals surface area contributed by atoms with Crippen molar-refractivity contribution in [3.8, 4) is 11.3 Å². The molecule has 0 bridgehead atoms. The van der Waals surface area contributed by atoms with Gasteiger partial charge in [-0.15, -0.1) is 12.4 Å². The number of methoxy groups -OCH3 is 1. The summed E-state index contributed by atoms with van der Waals surface area (Å²) in [5, 5.41) is 7.48. The minimum Gasteiger partial charge on any atom is -0.479 e. The number of ether oxygens (including phenoxy) is 1. The van der Waals surface area contributed by atoms with Crippen LogP contribution in [0.4, 0.5) is 0 Å². The number of benzene rings is 1. The maximum absolute atomic E-state index is 7.48. The highest BCUT2D eigenvalue weighted by molar-refractivity contribution is 9.10. The SMILES string of the molecule is COC(=N)c1ccc(-c2ccccc2Br)o1.Cl. The van der Waals surface area contributed by atoms with Crippen LogP contribution in [0.25, 0.3) is 11.3 Å². The second-order valence-corrected chi connectivity index (χ2v) is 4.03. The van der Waals surface area contributed by atoms with Crippen molar-refractivity contribution in [3.05, 3.63) is 46.6 Å². The Morgan fingerprint density at radius 3 is 2.59 bits per heavy atom. The van der Waals surface area contributed by atoms with E-state index in [4.69, 9.17) is 14.6 Å². The molecule has 0 saturated carbocycles. The van der Waals surface area contributed by atoms with Gasteiger partial charge in [-0.2, -0.15) is 0 Å². The molecule has 0 spiro atoms. The summed E-state index contributed by atoms with van der Waals surface area (Å²) in [7, 11) is 1.45. The van der Waals surface area contributed by atoms with Crippen molar-refractivity contribution >= 4 is 34.2 Å². The first kappa shape index (κ1) is 13.8. The Hall–Kier alpha value is -1.26. The first-order chi connectivity index (χ1) is 7.72. The van der Waals surface area contributed by atoms with Crippen LogP contribution in [0, 0.1) is 5.41 Å². The Morgan fingerprint density at radius 2 is 1.94 bits per heavy atom. The molecule has 5 heteroatoms. The zero-order valence-corrected chi connectivity index (χ0v) is 11.5. The van der Waals surface area contributed by atoms with Crippen LogP contribution in [-0.2, 0) is 4.74 Å². The molecule has 3 nitrogen and oxygen atoms in total. The maximum Gasteiger partial charge on any atom is 0.249 e. The van der Waals surface area contributed by atoms with Gasteiger partial charge in [-0.3, -0.25) is 5.41 Å². The van der Waals surface area contributed by atoms with Crippen molar-refractivity contribution in [2.75, 3.05) is 7.11 Å². The van der Waals surface area contributed by atoms with Crippen LogP contribution in [0.3, 0.4) is 0 Å². The van der Waals surface area contributed by atoms with Crippen LogP contribution >= 0.6 is 28.3 Å². The molecule has 0 aliphatic rings. The average Bonchev–Trinajstić information content (AvgIpc) is 2.78. The summed E-state index contributed by atoms with van der Waals surface area (Å²) in [5.74, 6) is 1.16. The normalized spacial score (nSPS) is 9.53. The zero-order valence-electron chi connectivity index (χ0n) is 9.07. The molecule has 2 aromatic rings. The average molecular weight is 317 g/mol. The van der Waals surface area contributed by atoms with Crippen molar-refractivity contribution in [3.63, 3.8) is 0 Å². The highest BCUT2D eigenvalue weighted by Crippen LogP contribution is 2.29. The van der Waals surface area contributed by atoms with Gasteiger partial charge >= 0.3 is 0 Å². The first-order valence-electron chi connectivity index (χ1n) is 4.70. The van der Waals surface area contributed by atoms with Crippen molar-refractivity contribution in [1.29, 1.82) is 5.41 Å². The van der Waals surface area contributed by atoms with Gasteiger partial charge in [-0.1, -0.05) is 34.1 Å². The van der Waals surface area contributed by atoms with Gasteiger partial charge in [0.15, 0.2) is 5.76 Å². The third-order valence-corrected chi connectivity index (χ3v) is 2.86. The molecular formula is C12H11BrClNO2. The standard InChI is InChI=1S/C12H10BrNO2.ClH/c1-15-12(14)11-7-6-10(16-11)8-4-2-3-5-9(8)13;/h2-7,14H,1H3;1H. The van der Waals surface area contributed by atoms with Crippen molar-refractivity contribution < 1.29 is 9.15 Å². The van der Waals surface area contributed by atoms with Crippen LogP contribution in [0.1, 0.15) is 5.76 Å². The summed E-state index contributed by atoms with van der Waals surface area (Å²) < 4.78 is 11.3. The highest BCUT2D eigenvalue weighted by atomic mass is 79.9. The number of halogens is 2. The lowest BCUT2D eigenvalue weighted by atomic mass is 10.2. The van der Waals surface area contributed by atoms with Crippen LogP contribution < -0.4 is 0 Å². The van der Waals surface area contributed by atoms with Gasteiger partial charge in [-0.25, -0.2) is 0 Å². The van der Waals surface area contributed by atoms with E-state index in [1.165, 1.54) is 7.11 Å². The molecule has 17 heavy (non-hydrogen) atoms. The van der Waals surface area contributed by atoms with Gasteiger partial charge in [0, 0.05) is 10.0 Å². The minimum absolute atomic E-state index is 0. The summed E-state index contributed by atoms with van der Waals surface area (Å²) in [6, 6.07) is 11.3. The molecule has 90 valence electrons. The molecule has 1 N–H and O–H groups in total. The van der Waals surface area contributed by atoms with E-state index in [1.807, 2.05) is 30.3 Å². The van der Waals surface area contributed by atoms with Crippen molar-refractivity contribution in [2.24, 2.45) is 0 Å². The van der Waals surface area contributed by atoms with Crippen LogP contribution in [0.2, 0.25) is 0 Å². The van der Waals surface area contributed by atoms with Gasteiger partial charge in [0.25, 0.3) is 0 Å². The lowest BCUT2D eigenvalue weighted by Gasteiger charge is -2.00. The molecule has 0 radical (unpaired) electrons. The fraction of sp³-hybridized carbons (Fsp3) is 0.0833. The Morgan fingerprint density at radius 1 is 1.24 bits per heavy atom. The highest BCUT2D eigenvalue weighted by Gasteiger charge is 2.10. The van der Waals surface area contributed by atoms with E-state index in [2.05, 4.69) is 15.9 Å². The van der Waals surface area contributed by atoms with Crippen LogP contribution in [-0.4, -0.2) is 13.0 Å². The molecule has 1 aromatic carbocycles. The number of hydrogen-bond acceptors (Lipinski definition) is 3. The Bertz CT molecular complexity index is 525. The topological polar surface area (TPSA) is 46.2 Å². The lowest BCUT2D eigenvalue weighted by molar-refractivity contribution is 0.385. The number of nitrogens with one attached hydrogen (secondary N) is 1. The van der Waals surface area contributed by atoms with E-state index in [-0.39, 0.29) is 18.3 Å². The third kappa shape index (κ3) is 2.90. The van der Waals surface area contributed by atoms with E-state index in [1.54, 1.807) is 6.07 Å². The third-order valence-electron chi connectivity index (χ3n) is 2.17. The first-order valence-corrected chi connectivity index (χ1v) is 5.49. The van der Waals surface area contributed by atoms with Crippen molar-refractivity contribution in [1.82, 2.24) is 0 Å². The Labute approximate surface area is 114 Å². The number of hydrogen-bond donors (Lipinski definition) is 1. The number of furan rings is 1. The summed E-state index contributed by atoms with van der Waals surface area (Å²) in [6.45, 7) is 0. The molecule has 1 heterocycles. The molecule has 0 atom stereocenters. The lowest BCUT2D eigenvalue weighted by Crippen LogP contribution is -1.98. The van der Waals surface area contributed by atoms with Gasteiger partial charge in [0.2, 0.25) is 5.90 Å². The van der Waals surface area contributed by atoms with E-state index in [9.17, 15) is 0 Å². The summed E-state index contributed by atoms with van der Waals surface area (Å²) in [5.41, 5.74) is 0.956. The van der Waals surface area contributed by atoms with Gasteiger partial charge in [-0.05, 0) is 18.2 Å². The fourth-order valence-electron chi connectivity index (χ4n) is 1.37. The molecule has 1 aromatic heterocycles. The maximum atomic E-state index is 7.48. The monoisotopic (exact) mass is 315 g/mol. The van der Waals surface area contributed by atoms with Gasteiger partial charge < -0.3 is 9.15 Å². The van der Waals surface area contributed by atoms with Gasteiger partial charge in [0.1, 0.15) is 5.76 Å². The fourth-order valence-corrected chi connectivity index (χ4v) is 1.85. The van der Waals surface area contributed by atoms with Crippen molar-refractivity contribution in [2.45, 2.75) is 0 Å². The Kier molecular flexibility index (Phi) is 4.78. The van der Waals surface area contributed by atoms with E-state index < -0.39 is 0 Å². The predicted octanol–water partition coefficient (Wildman–Crippen LogP) is 4.10. The summed E-state index contributed by atoms with van der Waals surface area (Å²) in [4.78, 5) is 0. The largest absolute Gasteiger partial charge is 0.479 e. The van der Waals surface area contributed by atoms with E-state index in [0.717, 1.165) is 10.0 Å². The summed E-state index contributed by atoms with van der Waals surface area (Å²) >= 11 is 3.45. The number of rotatable bonds is 2. The molecule has 0 fully saturated rings. The van der Waals surface area contributed by atoms with Crippen LogP contribution in [0.15, 0.2) is 45.3 Å². The predicted molar refractivity (Wildman–Crippen MR) is 72.9 cm³/mol. The van der Waals surface area contributed by atoms with Crippen LogP contribution in [0.5, 0.6) is 0 Å². The smallest absolute Gasteiger partial charge is 0.249 e. The summed E-state index contributed by atoms with van der Waals surface area (Å²) in [6.07, 6.45) is 0. The minimum atomic E-state index is 0. The quantitative estimate of drug-likeness (QED) is 0.669. The molecular weight excluding hydrogens is 305 g/mol. The molecule has 0 aliphatic carbocycles. The Balaban J connectivity index is 0.00000144.